The Labute approximate surface area is 101 Å². The number of rotatable bonds is 3. The number of methoxy groups -OCH3 is 1. The molecule has 1 unspecified atom stereocenters. The van der Waals surface area contributed by atoms with E-state index in [1.165, 1.54) is 4.31 Å². The van der Waals surface area contributed by atoms with Crippen molar-refractivity contribution in [3.05, 3.63) is 24.3 Å². The van der Waals surface area contributed by atoms with Crippen molar-refractivity contribution >= 4 is 10.0 Å². The molecule has 1 aliphatic heterocycles. The Morgan fingerprint density at radius 3 is 2.47 bits per heavy atom. The van der Waals surface area contributed by atoms with Crippen LogP contribution >= 0.6 is 0 Å². The summed E-state index contributed by atoms with van der Waals surface area (Å²) in [6.07, 6.45) is 0.718. The number of nitrogens with zero attached hydrogens (tertiary/aromatic N) is 1. The summed E-state index contributed by atoms with van der Waals surface area (Å²) in [5.41, 5.74) is 5.72. The van der Waals surface area contributed by atoms with Gasteiger partial charge in [0.15, 0.2) is 0 Å². The third-order valence-corrected chi connectivity index (χ3v) is 4.76. The minimum Gasteiger partial charge on any atom is -0.497 e. The topological polar surface area (TPSA) is 72.6 Å². The molecular formula is C11H16N2O3S. The van der Waals surface area contributed by atoms with E-state index in [1.807, 2.05) is 0 Å². The van der Waals surface area contributed by atoms with E-state index >= 15 is 0 Å². The van der Waals surface area contributed by atoms with Gasteiger partial charge >= 0.3 is 0 Å². The van der Waals surface area contributed by atoms with E-state index in [9.17, 15) is 8.42 Å². The first-order valence-electron chi connectivity index (χ1n) is 5.44. The molecule has 1 saturated heterocycles. The average Bonchev–Trinajstić information content (AvgIpc) is 2.77. The minimum absolute atomic E-state index is 0.0528. The lowest BCUT2D eigenvalue weighted by molar-refractivity contribution is 0.414. The van der Waals surface area contributed by atoms with Gasteiger partial charge in [0.25, 0.3) is 0 Å². The first-order chi connectivity index (χ1) is 8.04. The minimum atomic E-state index is -3.40. The predicted octanol–water partition coefficient (Wildman–Crippen LogP) is 0.417. The van der Waals surface area contributed by atoms with Gasteiger partial charge in [-0.3, -0.25) is 0 Å². The monoisotopic (exact) mass is 256 g/mol. The van der Waals surface area contributed by atoms with Crippen LogP contribution in [0.4, 0.5) is 0 Å². The SMILES string of the molecule is COc1ccc(S(=O)(=O)N2CCC(N)C2)cc1. The maximum Gasteiger partial charge on any atom is 0.243 e. The van der Waals surface area contributed by atoms with E-state index in [0.29, 0.717) is 18.8 Å². The second-order valence-corrected chi connectivity index (χ2v) is 6.03. The van der Waals surface area contributed by atoms with Crippen molar-refractivity contribution in [3.63, 3.8) is 0 Å². The van der Waals surface area contributed by atoms with Crippen molar-refractivity contribution in [1.82, 2.24) is 4.31 Å². The van der Waals surface area contributed by atoms with E-state index in [2.05, 4.69) is 0 Å². The highest BCUT2D eigenvalue weighted by molar-refractivity contribution is 7.89. The van der Waals surface area contributed by atoms with Gasteiger partial charge in [0.2, 0.25) is 10.0 Å². The molecule has 6 heteroatoms. The molecule has 0 saturated carbocycles. The number of ether oxygens (including phenoxy) is 1. The smallest absolute Gasteiger partial charge is 0.243 e. The van der Waals surface area contributed by atoms with Gasteiger partial charge in [-0.2, -0.15) is 4.31 Å². The molecule has 1 aromatic carbocycles. The molecule has 0 aliphatic carbocycles. The molecule has 94 valence electrons. The third kappa shape index (κ3) is 2.43. The molecule has 0 spiro atoms. The zero-order valence-corrected chi connectivity index (χ0v) is 10.5. The van der Waals surface area contributed by atoms with Gasteiger partial charge in [0, 0.05) is 19.1 Å². The van der Waals surface area contributed by atoms with E-state index in [0.717, 1.165) is 6.42 Å². The van der Waals surface area contributed by atoms with E-state index < -0.39 is 10.0 Å². The number of nitrogens with two attached hydrogens (primary N) is 1. The van der Waals surface area contributed by atoms with Crippen molar-refractivity contribution in [2.45, 2.75) is 17.4 Å². The van der Waals surface area contributed by atoms with Gasteiger partial charge in [0.05, 0.1) is 12.0 Å². The largest absolute Gasteiger partial charge is 0.497 e. The summed E-state index contributed by atoms with van der Waals surface area (Å²) in [5, 5.41) is 0. The number of hydrogen-bond acceptors (Lipinski definition) is 4. The Morgan fingerprint density at radius 1 is 1.35 bits per heavy atom. The van der Waals surface area contributed by atoms with Gasteiger partial charge in [-0.15, -0.1) is 0 Å². The normalized spacial score (nSPS) is 21.6. The Morgan fingerprint density at radius 2 is 2.00 bits per heavy atom. The van der Waals surface area contributed by atoms with Crippen LogP contribution in [0, 0.1) is 0 Å². The average molecular weight is 256 g/mol. The summed E-state index contributed by atoms with van der Waals surface area (Å²) in [6, 6.07) is 6.34. The molecule has 1 fully saturated rings. The van der Waals surface area contributed by atoms with Crippen LogP contribution in [0.15, 0.2) is 29.2 Å². The van der Waals surface area contributed by atoms with E-state index in [4.69, 9.17) is 10.5 Å². The first-order valence-corrected chi connectivity index (χ1v) is 6.88. The lowest BCUT2D eigenvalue weighted by atomic mass is 10.3. The van der Waals surface area contributed by atoms with Crippen molar-refractivity contribution in [2.75, 3.05) is 20.2 Å². The highest BCUT2D eigenvalue weighted by Crippen LogP contribution is 2.22. The van der Waals surface area contributed by atoms with E-state index in [1.54, 1.807) is 31.4 Å². The summed E-state index contributed by atoms with van der Waals surface area (Å²) in [5.74, 6) is 0.641. The van der Waals surface area contributed by atoms with Crippen LogP contribution in [0.3, 0.4) is 0 Å². The van der Waals surface area contributed by atoms with E-state index in [-0.39, 0.29) is 10.9 Å². The van der Waals surface area contributed by atoms with Crippen molar-refractivity contribution in [3.8, 4) is 5.75 Å². The molecule has 2 N–H and O–H groups in total. The fraction of sp³-hybridized carbons (Fsp3) is 0.455. The summed E-state index contributed by atoms with van der Waals surface area (Å²) in [7, 11) is -1.85. The molecule has 17 heavy (non-hydrogen) atoms. The molecule has 1 aliphatic rings. The number of hydrogen-bond donors (Lipinski definition) is 1. The number of sulfonamides is 1. The quantitative estimate of drug-likeness (QED) is 0.850. The van der Waals surface area contributed by atoms with Crippen LogP contribution in [-0.4, -0.2) is 39.0 Å². The molecule has 5 nitrogen and oxygen atoms in total. The summed E-state index contributed by atoms with van der Waals surface area (Å²) < 4.78 is 30.8. The van der Waals surface area contributed by atoms with Gasteiger partial charge in [-0.05, 0) is 30.7 Å². The van der Waals surface area contributed by atoms with Crippen molar-refractivity contribution in [1.29, 1.82) is 0 Å². The summed E-state index contributed by atoms with van der Waals surface area (Å²) in [6.45, 7) is 0.893. The van der Waals surface area contributed by atoms with Crippen molar-refractivity contribution in [2.24, 2.45) is 5.73 Å². The second-order valence-electron chi connectivity index (χ2n) is 4.09. The Kier molecular flexibility index (Phi) is 3.37. The highest BCUT2D eigenvalue weighted by Gasteiger charge is 2.30. The first kappa shape index (κ1) is 12.3. The van der Waals surface area contributed by atoms with Crippen LogP contribution < -0.4 is 10.5 Å². The summed E-state index contributed by atoms with van der Waals surface area (Å²) >= 11 is 0. The molecule has 1 heterocycles. The zero-order chi connectivity index (χ0) is 12.5. The molecule has 0 amide bonds. The van der Waals surface area contributed by atoms with Gasteiger partial charge in [-0.25, -0.2) is 8.42 Å². The van der Waals surface area contributed by atoms with Crippen LogP contribution in [-0.2, 0) is 10.0 Å². The van der Waals surface area contributed by atoms with Crippen LogP contribution in [0.5, 0.6) is 5.75 Å². The Hall–Kier alpha value is -1.11. The zero-order valence-electron chi connectivity index (χ0n) is 9.67. The molecule has 0 aromatic heterocycles. The van der Waals surface area contributed by atoms with Crippen LogP contribution in [0.1, 0.15) is 6.42 Å². The number of benzene rings is 1. The van der Waals surface area contributed by atoms with Gasteiger partial charge in [-0.1, -0.05) is 0 Å². The lowest BCUT2D eigenvalue weighted by Crippen LogP contribution is -2.31. The highest BCUT2D eigenvalue weighted by atomic mass is 32.2. The fourth-order valence-electron chi connectivity index (χ4n) is 1.87. The predicted molar refractivity (Wildman–Crippen MR) is 64.3 cm³/mol. The van der Waals surface area contributed by atoms with Crippen molar-refractivity contribution < 1.29 is 13.2 Å². The molecule has 0 bridgehead atoms. The second kappa shape index (κ2) is 4.64. The maximum absolute atomic E-state index is 12.2. The summed E-state index contributed by atoms with van der Waals surface area (Å²) in [4.78, 5) is 0.285. The lowest BCUT2D eigenvalue weighted by Gasteiger charge is -2.16. The molecule has 2 rings (SSSR count). The standard InChI is InChI=1S/C11H16N2O3S/c1-16-10-2-4-11(5-3-10)17(14,15)13-7-6-9(12)8-13/h2-5,9H,6-8,12H2,1H3. The third-order valence-electron chi connectivity index (χ3n) is 2.88. The molecule has 1 aromatic rings. The fourth-order valence-corrected chi connectivity index (χ4v) is 3.38. The van der Waals surface area contributed by atoms with Gasteiger partial charge in [0.1, 0.15) is 5.75 Å². The Balaban J connectivity index is 2.25. The molecule has 1 atom stereocenters. The molecule has 0 radical (unpaired) electrons. The van der Waals surface area contributed by atoms with Crippen LogP contribution in [0.2, 0.25) is 0 Å². The van der Waals surface area contributed by atoms with Gasteiger partial charge < -0.3 is 10.5 Å². The van der Waals surface area contributed by atoms with Crippen LogP contribution in [0.25, 0.3) is 0 Å². The Bertz CT molecular complexity index is 484. The molecular weight excluding hydrogens is 240 g/mol. The maximum atomic E-state index is 12.2.